The number of anilines is 2. The molecule has 0 spiro atoms. The minimum absolute atomic E-state index is 0.105. The monoisotopic (exact) mass is 433 g/mol. The average molecular weight is 434 g/mol. The molecule has 0 aliphatic carbocycles. The highest BCUT2D eigenvalue weighted by atomic mass is 32.2. The maximum absolute atomic E-state index is 13.1. The van der Waals surface area contributed by atoms with Crippen LogP contribution >= 0.6 is 0 Å². The number of carbonyl (C=O) groups is 1. The highest BCUT2D eigenvalue weighted by molar-refractivity contribution is 7.92. The van der Waals surface area contributed by atoms with Crippen LogP contribution in [0.4, 0.5) is 17.1 Å². The highest BCUT2D eigenvalue weighted by Crippen LogP contribution is 2.30. The van der Waals surface area contributed by atoms with Crippen molar-refractivity contribution in [3.63, 3.8) is 0 Å². The topological polar surface area (TPSA) is 110 Å². The maximum atomic E-state index is 13.1. The first-order chi connectivity index (χ1) is 14.0. The Morgan fingerprint density at radius 2 is 1.73 bits per heavy atom. The Labute approximate surface area is 177 Å². The third-order valence-electron chi connectivity index (χ3n) is 4.98. The van der Waals surface area contributed by atoms with Crippen molar-refractivity contribution in [1.29, 1.82) is 0 Å². The molecule has 9 heteroatoms. The Morgan fingerprint density at radius 1 is 1.17 bits per heavy atom. The number of nitrogens with zero attached hydrogens (tertiary/aromatic N) is 2. The lowest BCUT2D eigenvalue weighted by molar-refractivity contribution is -0.384. The molecule has 2 aromatic rings. The van der Waals surface area contributed by atoms with Gasteiger partial charge in [0, 0.05) is 17.8 Å². The molecule has 0 aromatic heterocycles. The van der Waals surface area contributed by atoms with E-state index in [-0.39, 0.29) is 11.4 Å². The lowest BCUT2D eigenvalue weighted by atomic mass is 10.0. The van der Waals surface area contributed by atoms with E-state index in [4.69, 9.17) is 0 Å². The number of amides is 1. The molecule has 0 bridgehead atoms. The zero-order valence-electron chi connectivity index (χ0n) is 17.8. The van der Waals surface area contributed by atoms with Gasteiger partial charge in [0.25, 0.3) is 5.69 Å². The summed E-state index contributed by atoms with van der Waals surface area (Å²) in [5.74, 6) is -0.512. The maximum Gasteiger partial charge on any atom is 0.271 e. The van der Waals surface area contributed by atoms with Gasteiger partial charge in [0.1, 0.15) is 6.04 Å². The number of rotatable bonds is 8. The second-order valence-electron chi connectivity index (χ2n) is 7.11. The summed E-state index contributed by atoms with van der Waals surface area (Å²) in [7, 11) is -3.90. The van der Waals surface area contributed by atoms with Crippen LogP contribution < -0.4 is 9.62 Å². The van der Waals surface area contributed by atoms with E-state index in [1.54, 1.807) is 6.92 Å². The van der Waals surface area contributed by atoms with Crippen LogP contribution in [0.3, 0.4) is 0 Å². The molecule has 0 fully saturated rings. The summed E-state index contributed by atoms with van der Waals surface area (Å²) in [4.78, 5) is 23.7. The van der Waals surface area contributed by atoms with Crippen LogP contribution in [0, 0.1) is 17.0 Å². The fraction of sp³-hybridized carbons (Fsp3) is 0.381. The quantitative estimate of drug-likeness (QED) is 0.503. The zero-order valence-corrected chi connectivity index (χ0v) is 18.6. The number of nitro benzene ring substituents is 1. The number of non-ortho nitro benzene ring substituents is 1. The number of hydrogen-bond acceptors (Lipinski definition) is 5. The van der Waals surface area contributed by atoms with Crippen molar-refractivity contribution >= 4 is 33.0 Å². The summed E-state index contributed by atoms with van der Waals surface area (Å²) in [5, 5.41) is 14.1. The Kier molecular flexibility index (Phi) is 7.20. The molecule has 1 amide bonds. The van der Waals surface area contributed by atoms with E-state index in [1.807, 2.05) is 32.0 Å². The Balaban J connectivity index is 2.50. The third kappa shape index (κ3) is 4.96. The molecule has 8 nitrogen and oxygen atoms in total. The number of hydrogen-bond donors (Lipinski definition) is 1. The Hall–Kier alpha value is -2.94. The van der Waals surface area contributed by atoms with Gasteiger partial charge < -0.3 is 5.32 Å². The summed E-state index contributed by atoms with van der Waals surface area (Å²) < 4.78 is 26.1. The van der Waals surface area contributed by atoms with E-state index >= 15 is 0 Å². The number of benzene rings is 2. The third-order valence-corrected chi connectivity index (χ3v) is 6.20. The summed E-state index contributed by atoms with van der Waals surface area (Å²) in [5.41, 5.74) is 2.95. The molecule has 0 heterocycles. The van der Waals surface area contributed by atoms with Crippen LogP contribution in [0.5, 0.6) is 0 Å². The van der Waals surface area contributed by atoms with E-state index in [0.29, 0.717) is 24.1 Å². The van der Waals surface area contributed by atoms with Crippen LogP contribution in [0.2, 0.25) is 0 Å². The van der Waals surface area contributed by atoms with Crippen molar-refractivity contribution in [3.05, 3.63) is 63.2 Å². The number of nitrogens with one attached hydrogen (secondary N) is 1. The standard InChI is InChI=1S/C21H27N3O5S/c1-6-16-9-8-10-17(7-2)20(16)22-21(25)15(4)23(30(5,28)29)19-13-18(24(26)27)12-11-14(19)3/h8-13,15H,6-7H2,1-5H3,(H,22,25)/t15-/m0/s1. The van der Waals surface area contributed by atoms with Crippen LogP contribution in [-0.2, 0) is 27.7 Å². The molecule has 2 rings (SSSR count). The van der Waals surface area contributed by atoms with Crippen molar-refractivity contribution in [2.24, 2.45) is 0 Å². The molecule has 1 atom stereocenters. The number of aryl methyl sites for hydroxylation is 3. The van der Waals surface area contributed by atoms with Crippen LogP contribution in [0.25, 0.3) is 0 Å². The largest absolute Gasteiger partial charge is 0.324 e. The number of carbonyl (C=O) groups excluding carboxylic acids is 1. The van der Waals surface area contributed by atoms with E-state index in [0.717, 1.165) is 21.7 Å². The summed E-state index contributed by atoms with van der Waals surface area (Å²) in [6.07, 6.45) is 2.39. The molecular weight excluding hydrogens is 406 g/mol. The van der Waals surface area contributed by atoms with Crippen molar-refractivity contribution in [2.45, 2.75) is 46.6 Å². The number of sulfonamides is 1. The van der Waals surface area contributed by atoms with E-state index in [2.05, 4.69) is 5.32 Å². The predicted octanol–water partition coefficient (Wildman–Crippen LogP) is 3.82. The molecule has 0 saturated heterocycles. The molecule has 0 aliphatic heterocycles. The highest BCUT2D eigenvalue weighted by Gasteiger charge is 2.31. The first-order valence-corrected chi connectivity index (χ1v) is 11.5. The van der Waals surface area contributed by atoms with E-state index < -0.39 is 26.9 Å². The molecule has 0 radical (unpaired) electrons. The number of nitro groups is 1. The molecule has 30 heavy (non-hydrogen) atoms. The Bertz CT molecular complexity index is 1040. The fourth-order valence-corrected chi connectivity index (χ4v) is 4.58. The van der Waals surface area contributed by atoms with Gasteiger partial charge in [-0.25, -0.2) is 8.42 Å². The number of para-hydroxylation sites is 1. The average Bonchev–Trinajstić information content (AvgIpc) is 2.68. The first-order valence-electron chi connectivity index (χ1n) is 9.67. The van der Waals surface area contributed by atoms with Crippen molar-refractivity contribution in [1.82, 2.24) is 0 Å². The van der Waals surface area contributed by atoms with E-state index in [1.165, 1.54) is 25.1 Å². The Morgan fingerprint density at radius 3 is 2.20 bits per heavy atom. The lowest BCUT2D eigenvalue weighted by Gasteiger charge is -2.29. The first kappa shape index (κ1) is 23.3. The summed E-state index contributed by atoms with van der Waals surface area (Å²) >= 11 is 0. The van der Waals surface area contributed by atoms with E-state index in [9.17, 15) is 23.3 Å². The van der Waals surface area contributed by atoms with Crippen LogP contribution in [0.1, 0.15) is 37.5 Å². The second kappa shape index (κ2) is 9.25. The van der Waals surface area contributed by atoms with Gasteiger partial charge >= 0.3 is 0 Å². The van der Waals surface area contributed by atoms with Gasteiger partial charge in [-0.15, -0.1) is 0 Å². The van der Waals surface area contributed by atoms with Gasteiger partial charge in [0.05, 0.1) is 16.9 Å². The summed E-state index contributed by atoms with van der Waals surface area (Å²) in [6, 6.07) is 8.59. The second-order valence-corrected chi connectivity index (χ2v) is 8.97. The van der Waals surface area contributed by atoms with Crippen LogP contribution in [-0.4, -0.2) is 31.5 Å². The fourth-order valence-electron chi connectivity index (χ4n) is 3.36. The molecule has 0 saturated carbocycles. The summed E-state index contributed by atoms with van der Waals surface area (Å²) in [6.45, 7) is 7.06. The van der Waals surface area contributed by atoms with Gasteiger partial charge in [-0.2, -0.15) is 0 Å². The molecule has 0 aliphatic rings. The minimum atomic E-state index is -3.90. The molecule has 0 unspecified atom stereocenters. The lowest BCUT2D eigenvalue weighted by Crippen LogP contribution is -2.45. The SMILES string of the molecule is CCc1cccc(CC)c1NC(=O)[C@H](C)N(c1cc([N+](=O)[O-])ccc1C)S(C)(=O)=O. The normalized spacial score (nSPS) is 12.3. The predicted molar refractivity (Wildman–Crippen MR) is 118 cm³/mol. The van der Waals surface area contributed by atoms with Gasteiger partial charge in [-0.3, -0.25) is 19.2 Å². The van der Waals surface area contributed by atoms with Gasteiger partial charge in [0.2, 0.25) is 15.9 Å². The molecule has 2 aromatic carbocycles. The smallest absolute Gasteiger partial charge is 0.271 e. The van der Waals surface area contributed by atoms with Crippen molar-refractivity contribution < 1.29 is 18.1 Å². The zero-order chi connectivity index (χ0) is 22.6. The molecular formula is C21H27N3O5S. The van der Waals surface area contributed by atoms with Gasteiger partial charge in [0.15, 0.2) is 0 Å². The van der Waals surface area contributed by atoms with Gasteiger partial charge in [-0.1, -0.05) is 38.1 Å². The van der Waals surface area contributed by atoms with Crippen LogP contribution in [0.15, 0.2) is 36.4 Å². The minimum Gasteiger partial charge on any atom is -0.324 e. The molecule has 1 N–H and O–H groups in total. The van der Waals surface area contributed by atoms with Crippen molar-refractivity contribution in [3.8, 4) is 0 Å². The molecule has 162 valence electrons. The van der Waals surface area contributed by atoms with Gasteiger partial charge in [-0.05, 0) is 43.4 Å². The van der Waals surface area contributed by atoms with Crippen molar-refractivity contribution in [2.75, 3.05) is 15.9 Å².